The van der Waals surface area contributed by atoms with Crippen LogP contribution >= 0.6 is 0 Å². The summed E-state index contributed by atoms with van der Waals surface area (Å²) in [5, 5.41) is 8.85. The lowest BCUT2D eigenvalue weighted by molar-refractivity contribution is -0.0393. The van der Waals surface area contributed by atoms with Crippen LogP contribution in [-0.2, 0) is 4.74 Å². The van der Waals surface area contributed by atoms with E-state index in [4.69, 9.17) is 15.6 Å². The van der Waals surface area contributed by atoms with E-state index < -0.39 is 24.2 Å². The summed E-state index contributed by atoms with van der Waals surface area (Å²) in [6, 6.07) is 1.39. The van der Waals surface area contributed by atoms with Gasteiger partial charge in [0.15, 0.2) is 6.23 Å². The van der Waals surface area contributed by atoms with Gasteiger partial charge >= 0.3 is 5.69 Å². The van der Waals surface area contributed by atoms with Crippen LogP contribution in [0.2, 0.25) is 0 Å². The molecule has 0 radical (unpaired) electrons. The molecule has 0 aromatic carbocycles. The van der Waals surface area contributed by atoms with Gasteiger partial charge in [-0.2, -0.15) is 4.98 Å². The maximum atomic E-state index is 13.5. The second kappa shape index (κ2) is 4.18. The van der Waals surface area contributed by atoms with Gasteiger partial charge in [0.05, 0.1) is 12.7 Å². The fraction of sp³-hybridized carbons (Fsp3) is 0.556. The van der Waals surface area contributed by atoms with E-state index in [1.165, 1.54) is 12.3 Å². The Morgan fingerprint density at radius 1 is 1.75 bits per heavy atom. The molecule has 3 N–H and O–H groups in total. The van der Waals surface area contributed by atoms with E-state index in [1.807, 2.05) is 0 Å². The summed E-state index contributed by atoms with van der Waals surface area (Å²) >= 11 is 0. The van der Waals surface area contributed by atoms with E-state index in [-0.39, 0.29) is 18.8 Å². The van der Waals surface area contributed by atoms with Crippen molar-refractivity contribution >= 4 is 5.82 Å². The highest BCUT2D eigenvalue weighted by molar-refractivity contribution is 5.23. The Bertz CT molecular complexity index is 436. The third-order valence-corrected chi connectivity index (χ3v) is 2.46. The van der Waals surface area contributed by atoms with Gasteiger partial charge in [0, 0.05) is 12.6 Å². The first-order chi connectivity index (χ1) is 7.61. The molecule has 3 atom stereocenters. The molecule has 0 aliphatic carbocycles. The van der Waals surface area contributed by atoms with Crippen molar-refractivity contribution in [3.05, 3.63) is 22.7 Å². The highest BCUT2D eigenvalue weighted by Gasteiger charge is 2.36. The van der Waals surface area contributed by atoms with Crippen LogP contribution in [0.15, 0.2) is 17.1 Å². The zero-order chi connectivity index (χ0) is 11.7. The number of halogens is 1. The number of aliphatic hydroxyl groups is 1. The van der Waals surface area contributed by atoms with Crippen molar-refractivity contribution in [2.45, 2.75) is 24.9 Å². The average molecular weight is 229 g/mol. The van der Waals surface area contributed by atoms with Crippen molar-refractivity contribution in [3.63, 3.8) is 0 Å². The molecule has 0 amide bonds. The number of alkyl halides is 1. The van der Waals surface area contributed by atoms with E-state index in [0.29, 0.717) is 0 Å². The molecule has 6 nitrogen and oxygen atoms in total. The summed E-state index contributed by atoms with van der Waals surface area (Å²) in [6.07, 6.45) is -1.54. The number of anilines is 1. The van der Waals surface area contributed by atoms with Crippen LogP contribution in [0.4, 0.5) is 10.2 Å². The molecule has 0 bridgehead atoms. The van der Waals surface area contributed by atoms with Crippen molar-refractivity contribution in [3.8, 4) is 0 Å². The molecule has 1 aromatic rings. The Labute approximate surface area is 90.5 Å². The summed E-state index contributed by atoms with van der Waals surface area (Å²) in [6.45, 7) is -0.270. The molecule has 2 heterocycles. The van der Waals surface area contributed by atoms with Crippen LogP contribution in [0.25, 0.3) is 0 Å². The smallest absolute Gasteiger partial charge is 0.351 e. The van der Waals surface area contributed by atoms with Gasteiger partial charge in [0.25, 0.3) is 0 Å². The largest absolute Gasteiger partial charge is 0.394 e. The van der Waals surface area contributed by atoms with E-state index >= 15 is 0 Å². The van der Waals surface area contributed by atoms with Gasteiger partial charge in [-0.05, 0) is 6.07 Å². The summed E-state index contributed by atoms with van der Waals surface area (Å²) < 4.78 is 19.8. The molecule has 1 aliphatic rings. The van der Waals surface area contributed by atoms with Gasteiger partial charge in [-0.3, -0.25) is 4.57 Å². The summed E-state index contributed by atoms with van der Waals surface area (Å²) in [7, 11) is 0. The molecule has 1 saturated heterocycles. The van der Waals surface area contributed by atoms with E-state index in [1.54, 1.807) is 0 Å². The lowest BCUT2D eigenvalue weighted by atomic mass is 10.2. The quantitative estimate of drug-likeness (QED) is 0.709. The van der Waals surface area contributed by atoms with Gasteiger partial charge in [-0.1, -0.05) is 0 Å². The Hall–Kier alpha value is -1.47. The highest BCUT2D eigenvalue weighted by Crippen LogP contribution is 2.29. The summed E-state index contributed by atoms with van der Waals surface area (Å²) in [5.74, 6) is 0.0772. The maximum Gasteiger partial charge on any atom is 0.351 e. The van der Waals surface area contributed by atoms with Crippen LogP contribution in [-0.4, -0.2) is 33.5 Å². The van der Waals surface area contributed by atoms with Crippen LogP contribution in [0.1, 0.15) is 12.6 Å². The van der Waals surface area contributed by atoms with Crippen molar-refractivity contribution in [2.75, 3.05) is 12.3 Å². The number of rotatable bonds is 2. The molecular weight excluding hydrogens is 217 g/mol. The first kappa shape index (κ1) is 11.0. The number of nitrogens with zero attached hydrogens (tertiary/aromatic N) is 2. The fourth-order valence-corrected chi connectivity index (χ4v) is 1.68. The highest BCUT2D eigenvalue weighted by atomic mass is 19.1. The van der Waals surface area contributed by atoms with Gasteiger partial charge in [-0.25, -0.2) is 9.18 Å². The number of nitrogen functional groups attached to an aromatic ring is 1. The van der Waals surface area contributed by atoms with Crippen molar-refractivity contribution in [1.82, 2.24) is 9.55 Å². The minimum Gasteiger partial charge on any atom is -0.394 e. The number of nitrogens with two attached hydrogens (primary N) is 1. The van der Waals surface area contributed by atoms with E-state index in [9.17, 15) is 9.18 Å². The lowest BCUT2D eigenvalue weighted by Crippen LogP contribution is -2.30. The predicted molar refractivity (Wildman–Crippen MR) is 53.4 cm³/mol. The molecule has 1 aromatic heterocycles. The minimum absolute atomic E-state index is 0.0674. The van der Waals surface area contributed by atoms with E-state index in [2.05, 4.69) is 4.98 Å². The number of aromatic nitrogens is 2. The third-order valence-electron chi connectivity index (χ3n) is 2.46. The summed E-state index contributed by atoms with van der Waals surface area (Å²) in [5.41, 5.74) is 4.65. The molecule has 0 spiro atoms. The molecule has 7 heteroatoms. The van der Waals surface area contributed by atoms with Crippen LogP contribution < -0.4 is 11.4 Å². The molecule has 1 aliphatic heterocycles. The Kier molecular flexibility index (Phi) is 2.88. The molecule has 88 valence electrons. The first-order valence-electron chi connectivity index (χ1n) is 4.87. The minimum atomic E-state index is -1.33. The number of ether oxygens (including phenoxy) is 1. The average Bonchev–Trinajstić information content (AvgIpc) is 2.60. The number of hydrogen-bond donors (Lipinski definition) is 2. The van der Waals surface area contributed by atoms with Crippen LogP contribution in [0.5, 0.6) is 0 Å². The van der Waals surface area contributed by atoms with Gasteiger partial charge < -0.3 is 15.6 Å². The Morgan fingerprint density at radius 3 is 3.06 bits per heavy atom. The van der Waals surface area contributed by atoms with Gasteiger partial charge in [0.2, 0.25) is 0 Å². The van der Waals surface area contributed by atoms with Crippen LogP contribution in [0, 0.1) is 0 Å². The van der Waals surface area contributed by atoms with Crippen molar-refractivity contribution < 1.29 is 14.2 Å². The number of aliphatic hydroxyl groups excluding tert-OH is 1. The zero-order valence-corrected chi connectivity index (χ0v) is 8.41. The SMILES string of the molecule is Nc1ccn([C@@H]2O[C@H](CO)C[C@H]2F)c(=O)n1. The molecule has 0 saturated carbocycles. The molecule has 16 heavy (non-hydrogen) atoms. The second-order valence-electron chi connectivity index (χ2n) is 3.63. The maximum absolute atomic E-state index is 13.5. The lowest BCUT2D eigenvalue weighted by Gasteiger charge is -2.15. The molecule has 0 unspecified atom stereocenters. The van der Waals surface area contributed by atoms with Crippen molar-refractivity contribution in [2.24, 2.45) is 0 Å². The van der Waals surface area contributed by atoms with E-state index in [0.717, 1.165) is 4.57 Å². The standard InChI is InChI=1S/C9H12FN3O3/c10-6-3-5(4-14)16-8(6)13-2-1-7(11)12-9(13)15/h1-2,5-6,8,14H,3-4H2,(H2,11,12,15)/t5-,6+,8+/m0/s1. The molecule has 2 rings (SSSR count). The Morgan fingerprint density at radius 2 is 2.50 bits per heavy atom. The van der Waals surface area contributed by atoms with Gasteiger partial charge in [-0.15, -0.1) is 0 Å². The monoisotopic (exact) mass is 229 g/mol. The second-order valence-corrected chi connectivity index (χ2v) is 3.63. The zero-order valence-electron chi connectivity index (χ0n) is 8.41. The Balaban J connectivity index is 2.28. The molecule has 1 fully saturated rings. The van der Waals surface area contributed by atoms with Gasteiger partial charge in [0.1, 0.15) is 12.0 Å². The molecular formula is C9H12FN3O3. The third kappa shape index (κ3) is 1.91. The normalized spacial score (nSPS) is 29.5. The first-order valence-corrected chi connectivity index (χ1v) is 4.87. The van der Waals surface area contributed by atoms with Crippen LogP contribution in [0.3, 0.4) is 0 Å². The topological polar surface area (TPSA) is 90.4 Å². The summed E-state index contributed by atoms with van der Waals surface area (Å²) in [4.78, 5) is 14.9. The predicted octanol–water partition coefficient (Wildman–Crippen LogP) is -0.557. The van der Waals surface area contributed by atoms with Crippen molar-refractivity contribution in [1.29, 1.82) is 0 Å². The number of hydrogen-bond acceptors (Lipinski definition) is 5. The fourth-order valence-electron chi connectivity index (χ4n) is 1.68.